The van der Waals surface area contributed by atoms with Crippen molar-refractivity contribution in [3.05, 3.63) is 69.5 Å². The molecular weight excluding hydrogens is 386 g/mol. The van der Waals surface area contributed by atoms with Crippen LogP contribution in [0.3, 0.4) is 0 Å². The standard InChI is InChI=1S/C21H21N5O4/c1-3-23(4-2)13-25-18-8-6-5-7-17(18)22-19(25)12-24-20(27)15-10-9-14(26(29)30)11-16(15)21(24)28/h5-11H,3-4,12-13H2,1-2H3. The fourth-order valence-electron chi connectivity index (χ4n) is 3.70. The van der Waals surface area contributed by atoms with Gasteiger partial charge in [-0.3, -0.25) is 29.5 Å². The first kappa shape index (κ1) is 19.7. The maximum atomic E-state index is 12.9. The summed E-state index contributed by atoms with van der Waals surface area (Å²) in [6, 6.07) is 11.4. The van der Waals surface area contributed by atoms with Crippen LogP contribution in [0.4, 0.5) is 5.69 Å². The summed E-state index contributed by atoms with van der Waals surface area (Å²) in [4.78, 5) is 44.2. The third kappa shape index (κ3) is 3.22. The Hall–Kier alpha value is -3.59. The van der Waals surface area contributed by atoms with Gasteiger partial charge in [0.05, 0.1) is 40.3 Å². The van der Waals surface area contributed by atoms with Crippen molar-refractivity contribution >= 4 is 28.5 Å². The first-order valence-corrected chi connectivity index (χ1v) is 9.75. The van der Waals surface area contributed by atoms with Crippen molar-refractivity contribution in [1.82, 2.24) is 19.4 Å². The van der Waals surface area contributed by atoms with Crippen LogP contribution in [0.1, 0.15) is 40.4 Å². The molecule has 0 atom stereocenters. The van der Waals surface area contributed by atoms with Crippen LogP contribution in [0, 0.1) is 10.1 Å². The van der Waals surface area contributed by atoms with Gasteiger partial charge in [0.25, 0.3) is 17.5 Å². The van der Waals surface area contributed by atoms with Crippen molar-refractivity contribution in [3.8, 4) is 0 Å². The van der Waals surface area contributed by atoms with Gasteiger partial charge in [-0.2, -0.15) is 0 Å². The molecule has 0 N–H and O–H groups in total. The predicted molar refractivity (Wildman–Crippen MR) is 110 cm³/mol. The molecule has 0 aliphatic carbocycles. The van der Waals surface area contributed by atoms with Crippen LogP contribution in [0.25, 0.3) is 11.0 Å². The Labute approximate surface area is 172 Å². The minimum atomic E-state index is -0.579. The lowest BCUT2D eigenvalue weighted by Gasteiger charge is -2.22. The van der Waals surface area contributed by atoms with E-state index in [0.717, 1.165) is 35.1 Å². The molecule has 0 radical (unpaired) electrons. The number of carbonyl (C=O) groups is 2. The molecule has 3 aromatic rings. The number of para-hydroxylation sites is 2. The summed E-state index contributed by atoms with van der Waals surface area (Å²) >= 11 is 0. The normalized spacial score (nSPS) is 13.5. The van der Waals surface area contributed by atoms with Crippen LogP contribution in [0.2, 0.25) is 0 Å². The number of carbonyl (C=O) groups excluding carboxylic acids is 2. The third-order valence-corrected chi connectivity index (χ3v) is 5.43. The summed E-state index contributed by atoms with van der Waals surface area (Å²) in [6.07, 6.45) is 0. The van der Waals surface area contributed by atoms with E-state index in [9.17, 15) is 19.7 Å². The van der Waals surface area contributed by atoms with E-state index in [1.807, 2.05) is 28.8 Å². The average Bonchev–Trinajstić information content (AvgIpc) is 3.21. The molecular formula is C21H21N5O4. The van der Waals surface area contributed by atoms with E-state index < -0.39 is 16.7 Å². The second kappa shape index (κ2) is 7.68. The summed E-state index contributed by atoms with van der Waals surface area (Å²) in [5, 5.41) is 11.0. The number of hydrogen-bond acceptors (Lipinski definition) is 6. The number of amides is 2. The van der Waals surface area contributed by atoms with E-state index >= 15 is 0 Å². The first-order chi connectivity index (χ1) is 14.4. The van der Waals surface area contributed by atoms with E-state index in [1.165, 1.54) is 12.1 Å². The van der Waals surface area contributed by atoms with Gasteiger partial charge in [-0.25, -0.2) is 4.98 Å². The quantitative estimate of drug-likeness (QED) is 0.339. The molecule has 9 nitrogen and oxygen atoms in total. The highest BCUT2D eigenvalue weighted by atomic mass is 16.6. The molecule has 154 valence electrons. The van der Waals surface area contributed by atoms with Crippen LogP contribution in [0.15, 0.2) is 42.5 Å². The molecule has 0 saturated carbocycles. The molecule has 1 aromatic heterocycles. The zero-order valence-corrected chi connectivity index (χ0v) is 16.7. The number of imidazole rings is 1. The number of fused-ring (bicyclic) bond motifs is 2. The maximum absolute atomic E-state index is 12.9. The van der Waals surface area contributed by atoms with E-state index in [4.69, 9.17) is 0 Å². The number of aromatic nitrogens is 2. The third-order valence-electron chi connectivity index (χ3n) is 5.43. The number of nitro benzene ring substituents is 1. The van der Waals surface area contributed by atoms with Crippen LogP contribution >= 0.6 is 0 Å². The summed E-state index contributed by atoms with van der Waals surface area (Å²) in [5.74, 6) is -0.418. The summed E-state index contributed by atoms with van der Waals surface area (Å²) in [6.45, 7) is 6.41. The SMILES string of the molecule is CCN(CC)Cn1c(CN2C(=O)c3ccc([N+](=O)[O-])cc3C2=O)nc2ccccc21. The molecule has 2 aromatic carbocycles. The molecule has 4 rings (SSSR count). The van der Waals surface area contributed by atoms with Gasteiger partial charge in [-0.15, -0.1) is 0 Å². The smallest absolute Gasteiger partial charge is 0.270 e. The molecule has 0 bridgehead atoms. The number of nitro groups is 1. The van der Waals surface area contributed by atoms with Crippen molar-refractivity contribution in [2.75, 3.05) is 13.1 Å². The molecule has 30 heavy (non-hydrogen) atoms. The van der Waals surface area contributed by atoms with Crippen molar-refractivity contribution in [2.45, 2.75) is 27.1 Å². The topological polar surface area (TPSA) is 102 Å². The number of rotatable bonds is 7. The Morgan fingerprint density at radius 2 is 1.73 bits per heavy atom. The number of non-ortho nitro benzene ring substituents is 1. The lowest BCUT2D eigenvalue weighted by molar-refractivity contribution is -0.384. The van der Waals surface area contributed by atoms with E-state index in [-0.39, 0.29) is 23.4 Å². The average molecular weight is 407 g/mol. The fourth-order valence-corrected chi connectivity index (χ4v) is 3.70. The highest BCUT2D eigenvalue weighted by Crippen LogP contribution is 2.28. The van der Waals surface area contributed by atoms with Gasteiger partial charge in [0.15, 0.2) is 0 Å². The maximum Gasteiger partial charge on any atom is 0.270 e. The van der Waals surface area contributed by atoms with E-state index in [1.54, 1.807) is 0 Å². The second-order valence-corrected chi connectivity index (χ2v) is 7.07. The molecule has 0 fully saturated rings. The minimum Gasteiger partial charge on any atom is -0.313 e. The molecule has 0 unspecified atom stereocenters. The molecule has 2 amide bonds. The monoisotopic (exact) mass is 407 g/mol. The van der Waals surface area contributed by atoms with Gasteiger partial charge in [-0.1, -0.05) is 26.0 Å². The summed E-state index contributed by atoms with van der Waals surface area (Å²) in [5.41, 5.74) is 1.72. The van der Waals surface area contributed by atoms with Crippen LogP contribution in [-0.2, 0) is 13.2 Å². The lowest BCUT2D eigenvalue weighted by atomic mass is 10.1. The molecule has 1 aliphatic heterocycles. The number of nitrogens with zero attached hydrogens (tertiary/aromatic N) is 5. The van der Waals surface area contributed by atoms with Crippen molar-refractivity contribution in [3.63, 3.8) is 0 Å². The zero-order valence-electron chi connectivity index (χ0n) is 16.7. The van der Waals surface area contributed by atoms with Crippen LogP contribution < -0.4 is 0 Å². The fraction of sp³-hybridized carbons (Fsp3) is 0.286. The molecule has 2 heterocycles. The highest BCUT2D eigenvalue weighted by molar-refractivity contribution is 6.21. The number of imide groups is 1. The predicted octanol–water partition coefficient (Wildman–Crippen LogP) is 3.04. The van der Waals surface area contributed by atoms with Gasteiger partial charge in [0, 0.05) is 12.1 Å². The Balaban J connectivity index is 1.71. The van der Waals surface area contributed by atoms with E-state index in [2.05, 4.69) is 23.7 Å². The molecule has 1 aliphatic rings. The highest BCUT2D eigenvalue weighted by Gasteiger charge is 2.37. The van der Waals surface area contributed by atoms with E-state index in [0.29, 0.717) is 12.5 Å². The molecule has 9 heteroatoms. The number of benzene rings is 2. The summed E-state index contributed by atoms with van der Waals surface area (Å²) < 4.78 is 2.01. The lowest BCUT2D eigenvalue weighted by Crippen LogP contribution is -2.32. The van der Waals surface area contributed by atoms with Crippen LogP contribution in [-0.4, -0.2) is 49.2 Å². The molecule has 0 spiro atoms. The zero-order chi connectivity index (χ0) is 21.4. The van der Waals surface area contributed by atoms with Crippen LogP contribution in [0.5, 0.6) is 0 Å². The Kier molecular flexibility index (Phi) is 5.04. The minimum absolute atomic E-state index is 0.00388. The van der Waals surface area contributed by atoms with Gasteiger partial charge in [0.1, 0.15) is 5.82 Å². The van der Waals surface area contributed by atoms with Gasteiger partial charge in [0.2, 0.25) is 0 Å². The van der Waals surface area contributed by atoms with Crippen molar-refractivity contribution in [1.29, 1.82) is 0 Å². The van der Waals surface area contributed by atoms with Crippen molar-refractivity contribution < 1.29 is 14.5 Å². The Morgan fingerprint density at radius 1 is 1.03 bits per heavy atom. The largest absolute Gasteiger partial charge is 0.313 e. The van der Waals surface area contributed by atoms with Crippen molar-refractivity contribution in [2.24, 2.45) is 0 Å². The first-order valence-electron chi connectivity index (χ1n) is 9.75. The number of hydrogen-bond donors (Lipinski definition) is 0. The Bertz CT molecular complexity index is 1170. The van der Waals surface area contributed by atoms with Gasteiger partial charge >= 0.3 is 0 Å². The molecule has 0 saturated heterocycles. The van der Waals surface area contributed by atoms with Gasteiger partial charge in [-0.05, 0) is 31.3 Å². The van der Waals surface area contributed by atoms with Gasteiger partial charge < -0.3 is 4.57 Å². The Morgan fingerprint density at radius 3 is 2.43 bits per heavy atom. The summed E-state index contributed by atoms with van der Waals surface area (Å²) in [7, 11) is 0. The second-order valence-electron chi connectivity index (χ2n) is 7.07.